The van der Waals surface area contributed by atoms with Crippen molar-refractivity contribution in [1.29, 1.82) is 0 Å². The Morgan fingerprint density at radius 3 is 2.90 bits per heavy atom. The highest BCUT2D eigenvalue weighted by Crippen LogP contribution is 2.27. The molecule has 116 valence electrons. The zero-order valence-corrected chi connectivity index (χ0v) is 11.4. The van der Waals surface area contributed by atoms with Gasteiger partial charge in [0, 0.05) is 24.8 Å². The maximum Gasteiger partial charge on any atom is 0.351 e. The van der Waals surface area contributed by atoms with Gasteiger partial charge in [0.2, 0.25) is 0 Å². The molecule has 2 rings (SSSR count). The van der Waals surface area contributed by atoms with E-state index in [1.165, 1.54) is 10.8 Å². The number of aliphatic hydroxyl groups is 3. The first-order chi connectivity index (χ1) is 10.1. The molecule has 0 spiro atoms. The third kappa shape index (κ3) is 3.48. The van der Waals surface area contributed by atoms with Crippen LogP contribution in [0.25, 0.3) is 6.08 Å². The van der Waals surface area contributed by atoms with Gasteiger partial charge in [-0.3, -0.25) is 4.57 Å². The lowest BCUT2D eigenvalue weighted by Crippen LogP contribution is -2.28. The number of anilines is 1. The molecular weight excluding hydrogens is 278 g/mol. The predicted molar refractivity (Wildman–Crippen MR) is 75.3 cm³/mol. The average Bonchev–Trinajstić information content (AvgIpc) is 2.82. The lowest BCUT2D eigenvalue weighted by molar-refractivity contribution is -0.0458. The van der Waals surface area contributed by atoms with E-state index < -0.39 is 24.1 Å². The van der Waals surface area contributed by atoms with Crippen molar-refractivity contribution in [2.45, 2.75) is 31.3 Å². The van der Waals surface area contributed by atoms with Crippen molar-refractivity contribution >= 4 is 11.9 Å². The van der Waals surface area contributed by atoms with E-state index in [0.29, 0.717) is 12.0 Å². The van der Waals surface area contributed by atoms with E-state index in [1.54, 1.807) is 12.2 Å². The molecule has 0 amide bonds. The zero-order valence-electron chi connectivity index (χ0n) is 11.4. The quantitative estimate of drug-likeness (QED) is 0.540. The molecule has 1 saturated heterocycles. The van der Waals surface area contributed by atoms with Crippen LogP contribution in [0, 0.1) is 0 Å². The SMILES string of the molecule is Nc1nc(=O)n([C@H]2CC(O)[C@@H](CO)O2)cc1C=CCCO. The van der Waals surface area contributed by atoms with Gasteiger partial charge in [0.05, 0.1) is 12.7 Å². The van der Waals surface area contributed by atoms with Crippen LogP contribution in [-0.4, -0.2) is 50.3 Å². The summed E-state index contributed by atoms with van der Waals surface area (Å²) in [4.78, 5) is 15.6. The lowest BCUT2D eigenvalue weighted by atomic mass is 10.2. The summed E-state index contributed by atoms with van der Waals surface area (Å²) in [5, 5.41) is 27.5. The van der Waals surface area contributed by atoms with Crippen LogP contribution in [0.15, 0.2) is 17.1 Å². The van der Waals surface area contributed by atoms with Crippen LogP contribution >= 0.6 is 0 Å². The second kappa shape index (κ2) is 6.81. The minimum atomic E-state index is -0.835. The Balaban J connectivity index is 2.28. The second-order valence-electron chi connectivity index (χ2n) is 4.80. The van der Waals surface area contributed by atoms with E-state index in [2.05, 4.69) is 4.98 Å². The summed E-state index contributed by atoms with van der Waals surface area (Å²) in [5.41, 5.74) is 5.62. The summed E-state index contributed by atoms with van der Waals surface area (Å²) in [6.07, 6.45) is 3.27. The van der Waals surface area contributed by atoms with E-state index in [1.807, 2.05) is 0 Å². The molecule has 5 N–H and O–H groups in total. The molecule has 1 aromatic rings. The van der Waals surface area contributed by atoms with Crippen LogP contribution in [0.5, 0.6) is 0 Å². The van der Waals surface area contributed by atoms with Crippen molar-refractivity contribution in [3.05, 3.63) is 28.3 Å². The van der Waals surface area contributed by atoms with Crippen LogP contribution in [0.3, 0.4) is 0 Å². The molecule has 8 nitrogen and oxygen atoms in total. The van der Waals surface area contributed by atoms with Gasteiger partial charge >= 0.3 is 5.69 Å². The molecule has 8 heteroatoms. The van der Waals surface area contributed by atoms with Gasteiger partial charge in [-0.2, -0.15) is 4.98 Å². The maximum atomic E-state index is 11.9. The van der Waals surface area contributed by atoms with Gasteiger partial charge in [0.1, 0.15) is 18.1 Å². The van der Waals surface area contributed by atoms with Crippen LogP contribution in [0.4, 0.5) is 5.82 Å². The number of nitrogens with two attached hydrogens (primary N) is 1. The molecule has 1 fully saturated rings. The van der Waals surface area contributed by atoms with E-state index in [4.69, 9.17) is 20.7 Å². The van der Waals surface area contributed by atoms with Crippen LogP contribution in [-0.2, 0) is 4.74 Å². The minimum Gasteiger partial charge on any atom is -0.396 e. The Bertz CT molecular complexity index is 571. The number of aliphatic hydroxyl groups excluding tert-OH is 3. The molecule has 0 radical (unpaired) electrons. The van der Waals surface area contributed by atoms with Crippen LogP contribution in [0.2, 0.25) is 0 Å². The highest BCUT2D eigenvalue weighted by Gasteiger charge is 2.35. The molecule has 1 aromatic heterocycles. The standard InChI is InChI=1S/C13H19N3O5/c14-12-8(3-1-2-4-17)6-16(13(20)15-12)11-5-9(19)10(7-18)21-11/h1,3,6,9-11,17-19H,2,4-5,7H2,(H2,14,15,20)/t9?,10-,11-/m1/s1. The van der Waals surface area contributed by atoms with Crippen LogP contribution < -0.4 is 11.4 Å². The molecule has 0 aliphatic carbocycles. The summed E-state index contributed by atoms with van der Waals surface area (Å²) < 4.78 is 6.67. The molecule has 1 aliphatic rings. The van der Waals surface area contributed by atoms with Gasteiger partial charge in [-0.05, 0) is 6.42 Å². The molecule has 0 saturated carbocycles. The van der Waals surface area contributed by atoms with E-state index in [9.17, 15) is 9.90 Å². The average molecular weight is 297 g/mol. The second-order valence-corrected chi connectivity index (χ2v) is 4.80. The van der Waals surface area contributed by atoms with E-state index in [-0.39, 0.29) is 25.5 Å². The Labute approximate surface area is 121 Å². The molecular formula is C13H19N3O5. The Morgan fingerprint density at radius 1 is 1.52 bits per heavy atom. The van der Waals surface area contributed by atoms with Gasteiger partial charge in [-0.25, -0.2) is 4.79 Å². The molecule has 0 aromatic carbocycles. The summed E-state index contributed by atoms with van der Waals surface area (Å²) in [5.74, 6) is 0.0858. The predicted octanol–water partition coefficient (Wildman–Crippen LogP) is -1.14. The first kappa shape index (κ1) is 15.6. The summed E-state index contributed by atoms with van der Waals surface area (Å²) in [7, 11) is 0. The van der Waals surface area contributed by atoms with E-state index in [0.717, 1.165) is 0 Å². The summed E-state index contributed by atoms with van der Waals surface area (Å²) in [6.45, 7) is -0.308. The van der Waals surface area contributed by atoms with Gasteiger partial charge < -0.3 is 25.8 Å². The highest BCUT2D eigenvalue weighted by atomic mass is 16.5. The zero-order chi connectivity index (χ0) is 15.4. The number of aromatic nitrogens is 2. The smallest absolute Gasteiger partial charge is 0.351 e. The van der Waals surface area contributed by atoms with Crippen molar-refractivity contribution in [2.24, 2.45) is 0 Å². The first-order valence-electron chi connectivity index (χ1n) is 6.67. The summed E-state index contributed by atoms with van der Waals surface area (Å²) in [6, 6.07) is 0. The topological polar surface area (TPSA) is 131 Å². The summed E-state index contributed by atoms with van der Waals surface area (Å²) >= 11 is 0. The minimum absolute atomic E-state index is 0.0135. The van der Waals surface area contributed by atoms with Gasteiger partial charge in [0.25, 0.3) is 0 Å². The van der Waals surface area contributed by atoms with Crippen molar-refractivity contribution in [3.63, 3.8) is 0 Å². The number of hydrogen-bond acceptors (Lipinski definition) is 7. The Hall–Kier alpha value is -1.74. The monoisotopic (exact) mass is 297 g/mol. The maximum absolute atomic E-state index is 11.9. The van der Waals surface area contributed by atoms with Gasteiger partial charge in [-0.15, -0.1) is 0 Å². The van der Waals surface area contributed by atoms with Crippen molar-refractivity contribution < 1.29 is 20.1 Å². The molecule has 0 bridgehead atoms. The van der Waals surface area contributed by atoms with Crippen LogP contribution in [0.1, 0.15) is 24.6 Å². The molecule has 1 aliphatic heterocycles. The Morgan fingerprint density at radius 2 is 2.29 bits per heavy atom. The van der Waals surface area contributed by atoms with Gasteiger partial charge in [0.15, 0.2) is 0 Å². The highest BCUT2D eigenvalue weighted by molar-refractivity contribution is 5.59. The number of nitrogens with zero attached hydrogens (tertiary/aromatic N) is 2. The van der Waals surface area contributed by atoms with Crippen molar-refractivity contribution in [2.75, 3.05) is 18.9 Å². The third-order valence-corrected chi connectivity index (χ3v) is 3.30. The molecule has 2 heterocycles. The number of rotatable bonds is 5. The fraction of sp³-hybridized carbons (Fsp3) is 0.538. The Kier molecular flexibility index (Phi) is 5.07. The lowest BCUT2D eigenvalue weighted by Gasteiger charge is -2.15. The third-order valence-electron chi connectivity index (χ3n) is 3.30. The molecule has 21 heavy (non-hydrogen) atoms. The number of hydrogen-bond donors (Lipinski definition) is 4. The van der Waals surface area contributed by atoms with E-state index >= 15 is 0 Å². The van der Waals surface area contributed by atoms with Crippen molar-refractivity contribution in [3.8, 4) is 0 Å². The van der Waals surface area contributed by atoms with Gasteiger partial charge in [-0.1, -0.05) is 12.2 Å². The number of ether oxygens (including phenoxy) is 1. The largest absolute Gasteiger partial charge is 0.396 e. The first-order valence-corrected chi connectivity index (χ1v) is 6.67. The fourth-order valence-corrected chi connectivity index (χ4v) is 2.17. The number of nitrogen functional groups attached to an aromatic ring is 1. The molecule has 3 atom stereocenters. The normalized spacial score (nSPS) is 25.8. The van der Waals surface area contributed by atoms with Crippen molar-refractivity contribution in [1.82, 2.24) is 9.55 Å². The molecule has 1 unspecified atom stereocenters. The fourth-order valence-electron chi connectivity index (χ4n) is 2.17.